The molecule has 1 aromatic heterocycles. The Hall–Kier alpha value is -2.28. The van der Waals surface area contributed by atoms with E-state index < -0.39 is 11.0 Å². The minimum Gasteiger partial charge on any atom is -0.367 e. The van der Waals surface area contributed by atoms with E-state index in [-0.39, 0.29) is 30.2 Å². The van der Waals surface area contributed by atoms with Crippen LogP contribution in [0.25, 0.3) is 0 Å². The molecule has 0 saturated heterocycles. The normalized spacial score (nSPS) is 11.8. The molecule has 0 saturated carbocycles. The molecule has 0 aliphatic heterocycles. The highest BCUT2D eigenvalue weighted by atomic mass is 16.6. The fourth-order valence-electron chi connectivity index (χ4n) is 1.63. The zero-order valence-electron chi connectivity index (χ0n) is 10.6. The summed E-state index contributed by atoms with van der Waals surface area (Å²) >= 11 is 0. The van der Waals surface area contributed by atoms with Crippen molar-refractivity contribution in [3.63, 3.8) is 0 Å². The standard InChI is InChI=1S/C12H15N3O4/c1-4-6-19-11(7-9(16)5-2)12-10(15(17)18)8-13-14(12)3/h4-5,8,11H,1-2,6-7H2,3H3. The maximum atomic E-state index is 11.4. The van der Waals surface area contributed by atoms with Crippen molar-refractivity contribution in [2.45, 2.75) is 12.5 Å². The number of carbonyl (C=O) groups is 1. The molecule has 0 aliphatic carbocycles. The lowest BCUT2D eigenvalue weighted by Gasteiger charge is -2.15. The predicted octanol–water partition coefficient (Wildman–Crippen LogP) is 1.72. The third-order valence-corrected chi connectivity index (χ3v) is 2.50. The van der Waals surface area contributed by atoms with E-state index in [2.05, 4.69) is 18.3 Å². The molecule has 1 aromatic rings. The first-order valence-corrected chi connectivity index (χ1v) is 5.55. The molecule has 0 aliphatic rings. The Labute approximate surface area is 110 Å². The molecule has 0 amide bonds. The zero-order chi connectivity index (χ0) is 14.4. The first-order valence-electron chi connectivity index (χ1n) is 5.55. The zero-order valence-corrected chi connectivity index (χ0v) is 10.6. The van der Waals surface area contributed by atoms with Crippen LogP contribution in [0.1, 0.15) is 18.2 Å². The summed E-state index contributed by atoms with van der Waals surface area (Å²) < 4.78 is 6.76. The number of hydrogen-bond donors (Lipinski definition) is 0. The molecule has 19 heavy (non-hydrogen) atoms. The van der Waals surface area contributed by atoms with E-state index in [1.165, 1.54) is 10.8 Å². The number of rotatable bonds is 8. The van der Waals surface area contributed by atoms with Gasteiger partial charge in [0.05, 0.1) is 11.5 Å². The summed E-state index contributed by atoms with van der Waals surface area (Å²) in [6.45, 7) is 7.06. The molecule has 0 aromatic carbocycles. The minimum absolute atomic E-state index is 0.0300. The van der Waals surface area contributed by atoms with Crippen molar-refractivity contribution in [3.8, 4) is 0 Å². The maximum Gasteiger partial charge on any atom is 0.312 e. The highest BCUT2D eigenvalue weighted by Crippen LogP contribution is 2.29. The lowest BCUT2D eigenvalue weighted by molar-refractivity contribution is -0.386. The van der Waals surface area contributed by atoms with Crippen molar-refractivity contribution >= 4 is 11.5 Å². The number of ketones is 1. The van der Waals surface area contributed by atoms with Crippen LogP contribution in [-0.4, -0.2) is 27.1 Å². The Morgan fingerprint density at radius 1 is 1.68 bits per heavy atom. The number of aryl methyl sites for hydroxylation is 1. The summed E-state index contributed by atoms with van der Waals surface area (Å²) in [5.74, 6) is -0.260. The largest absolute Gasteiger partial charge is 0.367 e. The number of carbonyl (C=O) groups excluding carboxylic acids is 1. The van der Waals surface area contributed by atoms with Gasteiger partial charge in [-0.05, 0) is 6.08 Å². The molecular weight excluding hydrogens is 250 g/mol. The topological polar surface area (TPSA) is 87.3 Å². The van der Waals surface area contributed by atoms with Crippen molar-refractivity contribution in [3.05, 3.63) is 47.3 Å². The summed E-state index contributed by atoms with van der Waals surface area (Å²) in [7, 11) is 1.56. The molecule has 0 N–H and O–H groups in total. The lowest BCUT2D eigenvalue weighted by Crippen LogP contribution is -2.14. The van der Waals surface area contributed by atoms with Crippen LogP contribution in [-0.2, 0) is 16.6 Å². The van der Waals surface area contributed by atoms with Crippen molar-refractivity contribution in [1.82, 2.24) is 9.78 Å². The Balaban J connectivity index is 3.11. The van der Waals surface area contributed by atoms with Gasteiger partial charge in [0.1, 0.15) is 18.0 Å². The summed E-state index contributed by atoms with van der Waals surface area (Å²) in [4.78, 5) is 21.8. The minimum atomic E-state index is -0.753. The van der Waals surface area contributed by atoms with Gasteiger partial charge in [-0.2, -0.15) is 5.10 Å². The average molecular weight is 265 g/mol. The number of nitrogens with zero attached hydrogens (tertiary/aromatic N) is 3. The first-order chi connectivity index (χ1) is 9.01. The molecule has 0 radical (unpaired) electrons. The molecule has 1 unspecified atom stereocenters. The second kappa shape index (κ2) is 6.60. The van der Waals surface area contributed by atoms with E-state index in [9.17, 15) is 14.9 Å². The Kier molecular flexibility index (Phi) is 5.13. The SMILES string of the molecule is C=CCOC(CC(=O)C=C)c1c([N+](=O)[O-])cnn1C. The average Bonchev–Trinajstić information content (AvgIpc) is 2.76. The van der Waals surface area contributed by atoms with E-state index in [1.54, 1.807) is 7.05 Å². The maximum absolute atomic E-state index is 11.4. The molecule has 1 rings (SSSR count). The lowest BCUT2D eigenvalue weighted by atomic mass is 10.1. The van der Waals surface area contributed by atoms with E-state index >= 15 is 0 Å². The van der Waals surface area contributed by atoms with Gasteiger partial charge < -0.3 is 4.74 Å². The molecule has 7 heteroatoms. The van der Waals surface area contributed by atoms with Crippen LogP contribution in [0, 0.1) is 10.1 Å². The highest BCUT2D eigenvalue weighted by Gasteiger charge is 2.28. The third kappa shape index (κ3) is 3.59. The molecule has 102 valence electrons. The van der Waals surface area contributed by atoms with Gasteiger partial charge in [0.25, 0.3) is 0 Å². The predicted molar refractivity (Wildman–Crippen MR) is 68.6 cm³/mol. The van der Waals surface area contributed by atoms with Gasteiger partial charge in [-0.3, -0.25) is 19.6 Å². The number of allylic oxidation sites excluding steroid dienone is 1. The van der Waals surface area contributed by atoms with Crippen molar-refractivity contribution < 1.29 is 14.5 Å². The summed E-state index contributed by atoms with van der Waals surface area (Å²) in [5.41, 5.74) is 0.0791. The van der Waals surface area contributed by atoms with Crippen molar-refractivity contribution in [1.29, 1.82) is 0 Å². The van der Waals surface area contributed by atoms with Crippen LogP contribution in [0.3, 0.4) is 0 Å². The van der Waals surface area contributed by atoms with Gasteiger partial charge in [-0.1, -0.05) is 12.7 Å². The Morgan fingerprint density at radius 2 is 2.37 bits per heavy atom. The monoisotopic (exact) mass is 265 g/mol. The fraction of sp³-hybridized carbons (Fsp3) is 0.333. The summed E-state index contributed by atoms with van der Waals surface area (Å²) in [5, 5.41) is 14.8. The number of ether oxygens (including phenoxy) is 1. The van der Waals surface area contributed by atoms with Crippen LogP contribution < -0.4 is 0 Å². The van der Waals surface area contributed by atoms with E-state index in [0.717, 1.165) is 12.3 Å². The summed E-state index contributed by atoms with van der Waals surface area (Å²) in [6, 6.07) is 0. The molecule has 7 nitrogen and oxygen atoms in total. The van der Waals surface area contributed by atoms with Gasteiger partial charge in [-0.25, -0.2) is 0 Å². The van der Waals surface area contributed by atoms with Crippen LogP contribution in [0.5, 0.6) is 0 Å². The number of nitro groups is 1. The Bertz CT molecular complexity index is 507. The highest BCUT2D eigenvalue weighted by molar-refractivity contribution is 5.89. The van der Waals surface area contributed by atoms with Crippen LogP contribution >= 0.6 is 0 Å². The van der Waals surface area contributed by atoms with E-state index in [4.69, 9.17) is 4.74 Å². The van der Waals surface area contributed by atoms with Crippen LogP contribution in [0.4, 0.5) is 5.69 Å². The number of aromatic nitrogens is 2. The molecule has 1 atom stereocenters. The van der Waals surface area contributed by atoms with Crippen LogP contribution in [0.15, 0.2) is 31.5 Å². The quantitative estimate of drug-likeness (QED) is 0.309. The van der Waals surface area contributed by atoms with Gasteiger partial charge >= 0.3 is 5.69 Å². The third-order valence-electron chi connectivity index (χ3n) is 2.50. The van der Waals surface area contributed by atoms with Gasteiger partial charge in [0, 0.05) is 13.5 Å². The molecule has 0 spiro atoms. The van der Waals surface area contributed by atoms with Gasteiger partial charge in [0.15, 0.2) is 5.78 Å². The van der Waals surface area contributed by atoms with Crippen molar-refractivity contribution in [2.75, 3.05) is 6.61 Å². The molecule has 1 heterocycles. The molecule has 0 fully saturated rings. The Morgan fingerprint density at radius 3 is 2.89 bits per heavy atom. The second-order valence-corrected chi connectivity index (χ2v) is 3.78. The smallest absolute Gasteiger partial charge is 0.312 e. The van der Waals surface area contributed by atoms with Crippen molar-refractivity contribution in [2.24, 2.45) is 7.05 Å². The van der Waals surface area contributed by atoms with Gasteiger partial charge in [0.2, 0.25) is 0 Å². The molecular formula is C12H15N3O4. The van der Waals surface area contributed by atoms with Gasteiger partial charge in [-0.15, -0.1) is 6.58 Å². The number of hydrogen-bond acceptors (Lipinski definition) is 5. The first kappa shape index (κ1) is 14.8. The van der Waals surface area contributed by atoms with Crippen LogP contribution in [0.2, 0.25) is 0 Å². The van der Waals surface area contributed by atoms with E-state index in [1.807, 2.05) is 0 Å². The second-order valence-electron chi connectivity index (χ2n) is 3.78. The van der Waals surface area contributed by atoms with E-state index in [0.29, 0.717) is 0 Å². The molecule has 0 bridgehead atoms. The summed E-state index contributed by atoms with van der Waals surface area (Å²) in [6.07, 6.45) is 3.02. The fourth-order valence-corrected chi connectivity index (χ4v) is 1.63.